The van der Waals surface area contributed by atoms with E-state index in [0.29, 0.717) is 18.7 Å². The van der Waals surface area contributed by atoms with Gasteiger partial charge in [-0.3, -0.25) is 14.5 Å². The molecule has 154 valence electrons. The van der Waals surface area contributed by atoms with Crippen LogP contribution in [0.3, 0.4) is 0 Å². The van der Waals surface area contributed by atoms with E-state index < -0.39 is 30.0 Å². The minimum absolute atomic E-state index is 0.199. The zero-order chi connectivity index (χ0) is 21.0. The molecule has 10 nitrogen and oxygen atoms in total. The predicted octanol–water partition coefficient (Wildman–Crippen LogP) is 0.454. The number of cyclic esters (lactones) is 1. The molecule has 1 aliphatic carbocycles. The summed E-state index contributed by atoms with van der Waals surface area (Å²) in [6, 6.07) is 1.20. The molecule has 0 saturated carbocycles. The number of carbonyl (C=O) groups is 3. The van der Waals surface area contributed by atoms with Crippen molar-refractivity contribution in [1.29, 1.82) is 5.26 Å². The SMILES string of the molecule is CC(=O)NCC1CN(C2=CCC(N3C=NN(C(=O)CC#N)CC3)C(F)=C2)C(=O)O1. The molecular weight excluding hydrogens is 383 g/mol. The Morgan fingerprint density at radius 2 is 2.24 bits per heavy atom. The third-order valence-corrected chi connectivity index (χ3v) is 4.75. The molecule has 29 heavy (non-hydrogen) atoms. The normalized spacial score (nSPS) is 23.9. The van der Waals surface area contributed by atoms with Gasteiger partial charge in [-0.25, -0.2) is 14.2 Å². The van der Waals surface area contributed by atoms with Crippen LogP contribution in [0.1, 0.15) is 19.8 Å². The van der Waals surface area contributed by atoms with Gasteiger partial charge in [0.05, 0.1) is 31.7 Å². The second-order valence-corrected chi connectivity index (χ2v) is 6.78. The summed E-state index contributed by atoms with van der Waals surface area (Å²) < 4.78 is 19.9. The summed E-state index contributed by atoms with van der Waals surface area (Å²) in [6.45, 7) is 2.44. The molecular formula is C18H21FN6O4. The fourth-order valence-electron chi connectivity index (χ4n) is 3.26. The molecule has 2 unspecified atom stereocenters. The molecule has 1 saturated heterocycles. The molecule has 2 heterocycles. The number of nitrogens with one attached hydrogen (secondary N) is 1. The van der Waals surface area contributed by atoms with Crippen molar-refractivity contribution < 1.29 is 23.5 Å². The molecule has 2 aliphatic heterocycles. The van der Waals surface area contributed by atoms with Crippen LogP contribution < -0.4 is 5.32 Å². The number of hydrogen-bond donors (Lipinski definition) is 1. The number of hydrazone groups is 1. The van der Waals surface area contributed by atoms with Gasteiger partial charge in [0.2, 0.25) is 5.91 Å². The average Bonchev–Trinajstić information content (AvgIpc) is 3.07. The maximum Gasteiger partial charge on any atom is 0.414 e. The van der Waals surface area contributed by atoms with Crippen molar-refractivity contribution in [2.45, 2.75) is 31.9 Å². The van der Waals surface area contributed by atoms with E-state index >= 15 is 0 Å². The van der Waals surface area contributed by atoms with Crippen LogP contribution in [-0.4, -0.2) is 77.4 Å². The number of nitriles is 1. The monoisotopic (exact) mass is 404 g/mol. The largest absolute Gasteiger partial charge is 0.442 e. The lowest BCUT2D eigenvalue weighted by Gasteiger charge is -2.35. The van der Waals surface area contributed by atoms with Crippen molar-refractivity contribution in [3.05, 3.63) is 23.7 Å². The van der Waals surface area contributed by atoms with Gasteiger partial charge < -0.3 is 15.0 Å². The minimum atomic E-state index is -0.583. The number of ether oxygens (including phenoxy) is 1. The summed E-state index contributed by atoms with van der Waals surface area (Å²) >= 11 is 0. The highest BCUT2D eigenvalue weighted by atomic mass is 19.1. The number of rotatable bonds is 5. The van der Waals surface area contributed by atoms with Crippen LogP contribution in [-0.2, 0) is 14.3 Å². The zero-order valence-electron chi connectivity index (χ0n) is 15.9. The van der Waals surface area contributed by atoms with E-state index in [9.17, 15) is 18.8 Å². The highest BCUT2D eigenvalue weighted by Gasteiger charge is 2.35. The minimum Gasteiger partial charge on any atom is -0.442 e. The fourth-order valence-corrected chi connectivity index (χ4v) is 3.26. The molecule has 3 rings (SSSR count). The highest BCUT2D eigenvalue weighted by Crippen LogP contribution is 2.28. The zero-order valence-corrected chi connectivity index (χ0v) is 15.9. The van der Waals surface area contributed by atoms with Crippen LogP contribution in [0.5, 0.6) is 0 Å². The van der Waals surface area contributed by atoms with Crippen LogP contribution in [0, 0.1) is 11.3 Å². The number of halogens is 1. The van der Waals surface area contributed by atoms with E-state index in [1.54, 1.807) is 17.0 Å². The smallest absolute Gasteiger partial charge is 0.414 e. The Morgan fingerprint density at radius 3 is 2.86 bits per heavy atom. The van der Waals surface area contributed by atoms with Gasteiger partial charge in [-0.05, 0) is 12.5 Å². The van der Waals surface area contributed by atoms with Gasteiger partial charge in [-0.15, -0.1) is 0 Å². The molecule has 3 amide bonds. The molecule has 0 radical (unpaired) electrons. The van der Waals surface area contributed by atoms with Crippen molar-refractivity contribution in [3.8, 4) is 6.07 Å². The summed E-state index contributed by atoms with van der Waals surface area (Å²) in [5.74, 6) is -1.04. The second-order valence-electron chi connectivity index (χ2n) is 6.78. The number of allylic oxidation sites excluding steroid dienone is 1. The Morgan fingerprint density at radius 1 is 1.45 bits per heavy atom. The third-order valence-electron chi connectivity index (χ3n) is 4.75. The first-order chi connectivity index (χ1) is 13.9. The second kappa shape index (κ2) is 8.72. The van der Waals surface area contributed by atoms with Crippen LogP contribution in [0.25, 0.3) is 0 Å². The van der Waals surface area contributed by atoms with Gasteiger partial charge >= 0.3 is 6.09 Å². The van der Waals surface area contributed by atoms with E-state index in [0.717, 1.165) is 0 Å². The highest BCUT2D eigenvalue weighted by molar-refractivity contribution is 5.79. The summed E-state index contributed by atoms with van der Waals surface area (Å²) in [4.78, 5) is 37.8. The fraction of sp³-hybridized carbons (Fsp3) is 0.500. The molecule has 0 bridgehead atoms. The number of hydrogen-bond acceptors (Lipinski definition) is 7. The Hall–Kier alpha value is -3.42. The van der Waals surface area contributed by atoms with Crippen molar-refractivity contribution in [2.75, 3.05) is 26.2 Å². The summed E-state index contributed by atoms with van der Waals surface area (Å²) in [6.07, 6.45) is 3.41. The van der Waals surface area contributed by atoms with E-state index in [-0.39, 0.29) is 32.0 Å². The van der Waals surface area contributed by atoms with E-state index in [4.69, 9.17) is 10.00 Å². The van der Waals surface area contributed by atoms with Crippen molar-refractivity contribution >= 4 is 24.2 Å². The van der Waals surface area contributed by atoms with E-state index in [1.165, 1.54) is 29.2 Å². The summed E-state index contributed by atoms with van der Waals surface area (Å²) in [7, 11) is 0. The topological polar surface area (TPSA) is 118 Å². The maximum absolute atomic E-state index is 14.7. The third kappa shape index (κ3) is 4.71. The van der Waals surface area contributed by atoms with Crippen LogP contribution in [0.4, 0.5) is 9.18 Å². The molecule has 0 aromatic rings. The Balaban J connectivity index is 1.59. The van der Waals surface area contributed by atoms with Gasteiger partial charge in [0.25, 0.3) is 5.91 Å². The van der Waals surface area contributed by atoms with Gasteiger partial charge in [-0.2, -0.15) is 10.4 Å². The number of amides is 3. The van der Waals surface area contributed by atoms with Crippen molar-refractivity contribution in [3.63, 3.8) is 0 Å². The molecule has 3 aliphatic rings. The van der Waals surface area contributed by atoms with Crippen LogP contribution in [0.2, 0.25) is 0 Å². The molecule has 0 aromatic carbocycles. The van der Waals surface area contributed by atoms with Gasteiger partial charge in [0.15, 0.2) is 0 Å². The lowest BCUT2D eigenvalue weighted by atomic mass is 10.0. The Labute approximate surface area is 166 Å². The lowest BCUT2D eigenvalue weighted by Crippen LogP contribution is -2.46. The Kier molecular flexibility index (Phi) is 6.11. The van der Waals surface area contributed by atoms with Crippen LogP contribution >= 0.6 is 0 Å². The molecule has 1 N–H and O–H groups in total. The molecule has 1 fully saturated rings. The average molecular weight is 404 g/mol. The van der Waals surface area contributed by atoms with Gasteiger partial charge in [-0.1, -0.05) is 6.08 Å². The van der Waals surface area contributed by atoms with Crippen molar-refractivity contribution in [1.82, 2.24) is 20.1 Å². The number of carbonyl (C=O) groups excluding carboxylic acids is 3. The maximum atomic E-state index is 14.7. The van der Waals surface area contributed by atoms with Gasteiger partial charge in [0, 0.05) is 19.2 Å². The quantitative estimate of drug-likeness (QED) is 0.711. The molecule has 11 heteroatoms. The Bertz CT molecular complexity index is 833. The molecule has 0 spiro atoms. The first-order valence-electron chi connectivity index (χ1n) is 9.16. The van der Waals surface area contributed by atoms with Gasteiger partial charge in [0.1, 0.15) is 24.7 Å². The van der Waals surface area contributed by atoms with E-state index in [1.807, 2.05) is 0 Å². The lowest BCUT2D eigenvalue weighted by molar-refractivity contribution is -0.130. The standard InChI is InChI=1S/C18H21FN6O4/c1-12(26)21-9-14-10-24(18(28)29-14)13-2-3-16(15(19)8-13)23-6-7-25(22-11-23)17(27)4-5-20/h2,8,11,14,16H,3-4,6-7,9-10H2,1H3,(H,21,26). The number of nitrogens with zero attached hydrogens (tertiary/aromatic N) is 5. The van der Waals surface area contributed by atoms with Crippen LogP contribution in [0.15, 0.2) is 28.8 Å². The first-order valence-corrected chi connectivity index (χ1v) is 9.16. The van der Waals surface area contributed by atoms with Crippen molar-refractivity contribution in [2.24, 2.45) is 5.10 Å². The first kappa shape index (κ1) is 20.3. The molecule has 0 aromatic heterocycles. The summed E-state index contributed by atoms with van der Waals surface area (Å²) in [5, 5.41) is 16.4. The predicted molar refractivity (Wildman–Crippen MR) is 98.5 cm³/mol. The van der Waals surface area contributed by atoms with E-state index in [2.05, 4.69) is 10.4 Å². The molecule has 2 atom stereocenters. The summed E-state index contributed by atoms with van der Waals surface area (Å²) in [5.41, 5.74) is 0.411.